The molecule has 146 valence electrons. The minimum atomic E-state index is -3.38. The summed E-state index contributed by atoms with van der Waals surface area (Å²) in [6.45, 7) is 7.73. The van der Waals surface area contributed by atoms with Crippen molar-refractivity contribution in [2.75, 3.05) is 34.3 Å². The molecule has 7 nitrogen and oxygen atoms in total. The highest BCUT2D eigenvalue weighted by atomic mass is 127. The van der Waals surface area contributed by atoms with Gasteiger partial charge in [-0.3, -0.25) is 0 Å². The Morgan fingerprint density at radius 1 is 1.32 bits per heavy atom. The van der Waals surface area contributed by atoms with E-state index < -0.39 is 10.0 Å². The first kappa shape index (κ1) is 24.6. The van der Waals surface area contributed by atoms with E-state index in [9.17, 15) is 8.42 Å². The van der Waals surface area contributed by atoms with Gasteiger partial charge in [0, 0.05) is 39.2 Å². The zero-order valence-electron chi connectivity index (χ0n) is 15.6. The molecule has 0 aliphatic rings. The highest BCUT2D eigenvalue weighted by Crippen LogP contribution is 2.24. The number of guanidine groups is 1. The predicted octanol–water partition coefficient (Wildman–Crippen LogP) is 2.10. The van der Waals surface area contributed by atoms with E-state index in [0.29, 0.717) is 23.3 Å². The van der Waals surface area contributed by atoms with Crippen molar-refractivity contribution >= 4 is 51.3 Å². The minimum absolute atomic E-state index is 0. The molecular formula is C15H29IN4O3S2. The van der Waals surface area contributed by atoms with Crippen LogP contribution in [-0.4, -0.2) is 58.6 Å². The summed E-state index contributed by atoms with van der Waals surface area (Å²) in [5, 5.41) is 6.40. The SMILES string of the molecule is CCNC(=NCc1ccc(S(=O)(=O)N(C)C)s1)NCC(C)(C)OC.I. The van der Waals surface area contributed by atoms with Crippen LogP contribution in [0, 0.1) is 0 Å². The summed E-state index contributed by atoms with van der Waals surface area (Å²) in [7, 11) is 1.34. The van der Waals surface area contributed by atoms with Crippen LogP contribution in [0.15, 0.2) is 21.3 Å². The van der Waals surface area contributed by atoms with Crippen LogP contribution in [0.1, 0.15) is 25.6 Å². The Labute approximate surface area is 172 Å². The summed E-state index contributed by atoms with van der Waals surface area (Å²) in [6.07, 6.45) is 0. The van der Waals surface area contributed by atoms with Crippen LogP contribution in [0.2, 0.25) is 0 Å². The molecule has 0 amide bonds. The summed E-state index contributed by atoms with van der Waals surface area (Å²) >= 11 is 1.24. The zero-order chi connectivity index (χ0) is 18.4. The lowest BCUT2D eigenvalue weighted by Gasteiger charge is -2.24. The largest absolute Gasteiger partial charge is 0.377 e. The maximum Gasteiger partial charge on any atom is 0.252 e. The van der Waals surface area contributed by atoms with Crippen LogP contribution in [-0.2, 0) is 21.3 Å². The molecule has 0 saturated carbocycles. The van der Waals surface area contributed by atoms with Crippen LogP contribution in [0.25, 0.3) is 0 Å². The van der Waals surface area contributed by atoms with Crippen molar-refractivity contribution in [2.24, 2.45) is 4.99 Å². The molecule has 2 N–H and O–H groups in total. The Kier molecular flexibility index (Phi) is 10.5. The number of sulfonamides is 1. The molecule has 0 aliphatic carbocycles. The number of nitrogens with one attached hydrogen (secondary N) is 2. The van der Waals surface area contributed by atoms with Gasteiger partial charge >= 0.3 is 0 Å². The van der Waals surface area contributed by atoms with E-state index in [2.05, 4.69) is 15.6 Å². The van der Waals surface area contributed by atoms with Gasteiger partial charge in [0.2, 0.25) is 0 Å². The molecule has 1 heterocycles. The van der Waals surface area contributed by atoms with Crippen LogP contribution < -0.4 is 10.6 Å². The Balaban J connectivity index is 0.00000576. The lowest BCUT2D eigenvalue weighted by atomic mass is 10.1. The van der Waals surface area contributed by atoms with Crippen molar-refractivity contribution in [3.05, 3.63) is 17.0 Å². The van der Waals surface area contributed by atoms with E-state index in [1.165, 1.54) is 29.7 Å². The van der Waals surface area contributed by atoms with Crippen LogP contribution in [0.4, 0.5) is 0 Å². The molecule has 0 bridgehead atoms. The second-order valence-electron chi connectivity index (χ2n) is 6.02. The molecule has 0 saturated heterocycles. The van der Waals surface area contributed by atoms with Crippen LogP contribution >= 0.6 is 35.3 Å². The monoisotopic (exact) mass is 504 g/mol. The van der Waals surface area contributed by atoms with Crippen LogP contribution in [0.5, 0.6) is 0 Å². The molecule has 25 heavy (non-hydrogen) atoms. The number of hydrogen-bond donors (Lipinski definition) is 2. The fourth-order valence-corrected chi connectivity index (χ4v) is 4.08. The molecule has 0 spiro atoms. The van der Waals surface area contributed by atoms with Gasteiger partial charge in [0.25, 0.3) is 10.0 Å². The minimum Gasteiger partial charge on any atom is -0.377 e. The first-order chi connectivity index (χ1) is 11.1. The molecule has 0 fully saturated rings. The van der Waals surface area contributed by atoms with Crippen molar-refractivity contribution in [1.82, 2.24) is 14.9 Å². The second kappa shape index (κ2) is 10.7. The first-order valence-electron chi connectivity index (χ1n) is 7.71. The van der Waals surface area contributed by atoms with E-state index >= 15 is 0 Å². The number of aliphatic imine (C=N–C) groups is 1. The average molecular weight is 504 g/mol. The third-order valence-corrected chi connectivity index (χ3v) is 6.70. The number of thiophene rings is 1. The van der Waals surface area contributed by atoms with E-state index in [-0.39, 0.29) is 29.6 Å². The molecule has 1 aromatic heterocycles. The van der Waals surface area contributed by atoms with E-state index in [4.69, 9.17) is 4.74 Å². The Morgan fingerprint density at radius 2 is 1.96 bits per heavy atom. The third-order valence-electron chi connectivity index (χ3n) is 3.34. The normalized spacial score (nSPS) is 12.8. The molecule has 0 aliphatic heterocycles. The number of rotatable bonds is 8. The number of halogens is 1. The maximum absolute atomic E-state index is 12.1. The van der Waals surface area contributed by atoms with Gasteiger partial charge in [-0.2, -0.15) is 0 Å². The fraction of sp³-hybridized carbons (Fsp3) is 0.667. The maximum atomic E-state index is 12.1. The third kappa shape index (κ3) is 7.77. The van der Waals surface area contributed by atoms with Crippen molar-refractivity contribution in [3.63, 3.8) is 0 Å². The van der Waals surface area contributed by atoms with Gasteiger partial charge in [-0.1, -0.05) is 0 Å². The van der Waals surface area contributed by atoms with Crippen molar-refractivity contribution in [3.8, 4) is 0 Å². The van der Waals surface area contributed by atoms with Gasteiger partial charge in [-0.25, -0.2) is 17.7 Å². The van der Waals surface area contributed by atoms with Gasteiger partial charge in [0.15, 0.2) is 5.96 Å². The molecular weight excluding hydrogens is 475 g/mol. The number of hydrogen-bond acceptors (Lipinski definition) is 5. The highest BCUT2D eigenvalue weighted by molar-refractivity contribution is 14.0. The summed E-state index contributed by atoms with van der Waals surface area (Å²) in [4.78, 5) is 5.39. The summed E-state index contributed by atoms with van der Waals surface area (Å²) in [5.74, 6) is 0.674. The summed E-state index contributed by atoms with van der Waals surface area (Å²) in [6, 6.07) is 3.42. The van der Waals surface area contributed by atoms with E-state index in [0.717, 1.165) is 11.4 Å². The van der Waals surface area contributed by atoms with Crippen molar-refractivity contribution < 1.29 is 13.2 Å². The summed E-state index contributed by atoms with van der Waals surface area (Å²) < 4.78 is 31.1. The smallest absolute Gasteiger partial charge is 0.252 e. The van der Waals surface area contributed by atoms with E-state index in [1.54, 1.807) is 19.2 Å². The van der Waals surface area contributed by atoms with Gasteiger partial charge in [-0.05, 0) is 32.9 Å². The lowest BCUT2D eigenvalue weighted by Crippen LogP contribution is -2.45. The van der Waals surface area contributed by atoms with Crippen LogP contribution in [0.3, 0.4) is 0 Å². The van der Waals surface area contributed by atoms with Gasteiger partial charge in [0.1, 0.15) is 4.21 Å². The van der Waals surface area contributed by atoms with E-state index in [1.807, 2.05) is 20.8 Å². The Bertz CT molecular complexity index is 657. The standard InChI is InChI=1S/C15H28N4O3S2.HI/c1-7-16-14(18-11-15(2,3)22-6)17-10-12-8-9-13(23-12)24(20,21)19(4)5;/h8-9H,7,10-11H2,1-6H3,(H2,16,17,18);1H. The number of ether oxygens (including phenoxy) is 1. The van der Waals surface area contributed by atoms with Gasteiger partial charge in [-0.15, -0.1) is 35.3 Å². The zero-order valence-corrected chi connectivity index (χ0v) is 19.6. The first-order valence-corrected chi connectivity index (χ1v) is 9.96. The topological polar surface area (TPSA) is 83.0 Å². The fourth-order valence-electron chi connectivity index (χ4n) is 1.63. The van der Waals surface area contributed by atoms with Gasteiger partial charge < -0.3 is 15.4 Å². The predicted molar refractivity (Wildman–Crippen MR) is 115 cm³/mol. The molecule has 0 unspecified atom stereocenters. The molecule has 0 atom stereocenters. The molecule has 0 radical (unpaired) electrons. The van der Waals surface area contributed by atoms with Gasteiger partial charge in [0.05, 0.1) is 12.1 Å². The second-order valence-corrected chi connectivity index (χ2v) is 9.57. The molecule has 0 aromatic carbocycles. The molecule has 10 heteroatoms. The van der Waals surface area contributed by atoms with Crippen molar-refractivity contribution in [1.29, 1.82) is 0 Å². The average Bonchev–Trinajstić information content (AvgIpc) is 2.99. The molecule has 1 rings (SSSR count). The number of nitrogens with zero attached hydrogens (tertiary/aromatic N) is 2. The quantitative estimate of drug-likeness (QED) is 0.322. The van der Waals surface area contributed by atoms with Crippen molar-refractivity contribution in [2.45, 2.75) is 37.1 Å². The molecule has 1 aromatic rings. The highest BCUT2D eigenvalue weighted by Gasteiger charge is 2.19. The lowest BCUT2D eigenvalue weighted by molar-refractivity contribution is 0.0268. The number of methoxy groups -OCH3 is 1. The Morgan fingerprint density at radius 3 is 2.48 bits per heavy atom. The summed E-state index contributed by atoms with van der Waals surface area (Å²) in [5.41, 5.74) is -0.300. The Hall–Kier alpha value is -0.430.